The fourth-order valence-corrected chi connectivity index (χ4v) is 4.08. The molecule has 176 valence electrons. The first-order valence-corrected chi connectivity index (χ1v) is 11.6. The highest BCUT2D eigenvalue weighted by atomic mass is 16.5. The molecular weight excluding hydrogens is 418 g/mol. The average molecular weight is 452 g/mol. The van der Waals surface area contributed by atoms with E-state index < -0.39 is 12.1 Å². The van der Waals surface area contributed by atoms with Crippen LogP contribution in [0, 0.1) is 6.92 Å². The van der Waals surface area contributed by atoms with Gasteiger partial charge < -0.3 is 19.8 Å². The summed E-state index contributed by atoms with van der Waals surface area (Å²) < 4.78 is 5.92. The van der Waals surface area contributed by atoms with Gasteiger partial charge in [-0.05, 0) is 61.6 Å². The predicted molar refractivity (Wildman–Crippen MR) is 127 cm³/mol. The van der Waals surface area contributed by atoms with E-state index in [4.69, 9.17) is 9.84 Å². The van der Waals surface area contributed by atoms with E-state index in [1.807, 2.05) is 66.4 Å². The van der Waals surface area contributed by atoms with Crippen LogP contribution in [0.3, 0.4) is 0 Å². The van der Waals surface area contributed by atoms with E-state index in [0.29, 0.717) is 25.1 Å². The highest BCUT2D eigenvalue weighted by Gasteiger charge is 2.28. The fraction of sp³-hybridized carbons (Fsp3) is 0.407. The molecule has 1 aliphatic rings. The first-order chi connectivity index (χ1) is 15.9. The van der Waals surface area contributed by atoms with Gasteiger partial charge in [-0.15, -0.1) is 0 Å². The normalized spacial score (nSPS) is 17.0. The summed E-state index contributed by atoms with van der Waals surface area (Å²) in [4.78, 5) is 24.7. The molecule has 0 bridgehead atoms. The Hall–Kier alpha value is -3.12. The van der Waals surface area contributed by atoms with Gasteiger partial charge in [0, 0.05) is 19.4 Å². The van der Waals surface area contributed by atoms with Crippen molar-refractivity contribution in [2.24, 2.45) is 0 Å². The number of likely N-dealkylation sites (tertiary alicyclic amines) is 1. The largest absolute Gasteiger partial charge is 0.481 e. The van der Waals surface area contributed by atoms with Crippen molar-refractivity contribution in [3.63, 3.8) is 0 Å². The van der Waals surface area contributed by atoms with Gasteiger partial charge in [0.1, 0.15) is 11.5 Å². The van der Waals surface area contributed by atoms with Crippen LogP contribution in [0.25, 0.3) is 0 Å². The highest BCUT2D eigenvalue weighted by molar-refractivity contribution is 5.79. The molecule has 33 heavy (non-hydrogen) atoms. The van der Waals surface area contributed by atoms with E-state index in [2.05, 4.69) is 0 Å². The molecule has 2 atom stereocenters. The van der Waals surface area contributed by atoms with Crippen LogP contribution in [-0.2, 0) is 9.59 Å². The maximum Gasteiger partial charge on any atom is 0.303 e. The topological polar surface area (TPSA) is 87.1 Å². The number of aryl methyl sites for hydroxylation is 1. The Morgan fingerprint density at radius 3 is 2.61 bits per heavy atom. The van der Waals surface area contributed by atoms with E-state index in [9.17, 15) is 14.7 Å². The summed E-state index contributed by atoms with van der Waals surface area (Å²) in [7, 11) is 0. The number of aliphatic hydroxyl groups excluding tert-OH is 1. The molecule has 3 rings (SSSR count). The smallest absolute Gasteiger partial charge is 0.303 e. The average Bonchev–Trinajstić information content (AvgIpc) is 3.13. The third-order valence-electron chi connectivity index (χ3n) is 5.85. The second-order valence-electron chi connectivity index (χ2n) is 8.57. The van der Waals surface area contributed by atoms with E-state index in [1.54, 1.807) is 6.08 Å². The molecule has 2 aromatic carbocycles. The summed E-state index contributed by atoms with van der Waals surface area (Å²) in [5, 5.41) is 19.4. The van der Waals surface area contributed by atoms with Gasteiger partial charge in [0.25, 0.3) is 0 Å². The van der Waals surface area contributed by atoms with E-state index >= 15 is 0 Å². The molecule has 6 heteroatoms. The third-order valence-corrected chi connectivity index (χ3v) is 5.85. The number of unbranched alkanes of at least 4 members (excludes halogenated alkanes) is 3. The van der Waals surface area contributed by atoms with Crippen molar-refractivity contribution < 1.29 is 24.5 Å². The zero-order chi connectivity index (χ0) is 23.6. The summed E-state index contributed by atoms with van der Waals surface area (Å²) in [5.41, 5.74) is 1.84. The molecule has 0 saturated carbocycles. The molecule has 1 unspecified atom stereocenters. The maximum atomic E-state index is 12.3. The summed E-state index contributed by atoms with van der Waals surface area (Å²) in [5.74, 6) is 0.783. The molecule has 0 aliphatic carbocycles. The predicted octanol–water partition coefficient (Wildman–Crippen LogP) is 5.40. The Balaban J connectivity index is 1.53. The Bertz CT molecular complexity index is 970. The quantitative estimate of drug-likeness (QED) is 0.333. The van der Waals surface area contributed by atoms with Crippen molar-refractivity contribution in [1.29, 1.82) is 0 Å². The monoisotopic (exact) mass is 451 g/mol. The number of aliphatic carboxylic acids is 1. The summed E-state index contributed by atoms with van der Waals surface area (Å²) in [6, 6.07) is 15.2. The lowest BCUT2D eigenvalue weighted by molar-refractivity contribution is -0.137. The van der Waals surface area contributed by atoms with Crippen LogP contribution in [-0.4, -0.2) is 39.6 Å². The number of carboxylic acid groups (broad SMARTS) is 1. The lowest BCUT2D eigenvalue weighted by Crippen LogP contribution is -2.32. The van der Waals surface area contributed by atoms with Crippen LogP contribution >= 0.6 is 0 Å². The minimum absolute atomic E-state index is 0.0158. The van der Waals surface area contributed by atoms with Gasteiger partial charge in [-0.25, -0.2) is 0 Å². The van der Waals surface area contributed by atoms with Crippen LogP contribution in [0.5, 0.6) is 11.5 Å². The third kappa shape index (κ3) is 7.75. The van der Waals surface area contributed by atoms with E-state index in [-0.39, 0.29) is 18.4 Å². The zero-order valence-corrected chi connectivity index (χ0v) is 19.2. The van der Waals surface area contributed by atoms with Crippen molar-refractivity contribution in [2.75, 3.05) is 6.54 Å². The van der Waals surface area contributed by atoms with Crippen molar-refractivity contribution in [3.05, 3.63) is 71.8 Å². The number of hydrogen-bond donors (Lipinski definition) is 2. The van der Waals surface area contributed by atoms with Crippen LogP contribution in [0.4, 0.5) is 0 Å². The SMILES string of the molecule is Cc1cccc(Oc2cccc(C(O)/C=C/[C@H]3CCC(=O)N3CCCCCCC(=O)O)c2)c1. The molecule has 0 aromatic heterocycles. The van der Waals surface area contributed by atoms with Gasteiger partial charge in [-0.3, -0.25) is 9.59 Å². The number of rotatable bonds is 12. The Morgan fingerprint density at radius 1 is 1.12 bits per heavy atom. The van der Waals surface area contributed by atoms with Crippen LogP contribution in [0.1, 0.15) is 62.2 Å². The van der Waals surface area contributed by atoms with Gasteiger partial charge >= 0.3 is 5.97 Å². The molecule has 0 spiro atoms. The van der Waals surface area contributed by atoms with Gasteiger partial charge in [0.05, 0.1) is 12.1 Å². The molecule has 2 aromatic rings. The number of ether oxygens (including phenoxy) is 1. The number of amides is 1. The van der Waals surface area contributed by atoms with E-state index in [0.717, 1.165) is 42.6 Å². The van der Waals surface area contributed by atoms with Gasteiger partial charge in [-0.1, -0.05) is 49.3 Å². The van der Waals surface area contributed by atoms with Crippen LogP contribution in [0.2, 0.25) is 0 Å². The first-order valence-electron chi connectivity index (χ1n) is 11.6. The fourth-order valence-electron chi connectivity index (χ4n) is 4.08. The van der Waals surface area contributed by atoms with Crippen molar-refractivity contribution in [2.45, 2.75) is 64.0 Å². The van der Waals surface area contributed by atoms with Crippen molar-refractivity contribution in [1.82, 2.24) is 4.90 Å². The lowest BCUT2D eigenvalue weighted by atomic mass is 10.1. The molecule has 1 amide bonds. The Labute approximate surface area is 195 Å². The summed E-state index contributed by atoms with van der Waals surface area (Å²) in [6.07, 6.45) is 7.63. The number of carbonyl (C=O) groups excluding carboxylic acids is 1. The first kappa shape index (κ1) is 24.5. The molecule has 6 nitrogen and oxygen atoms in total. The standard InChI is InChI=1S/C27H33NO5/c1-20-8-6-10-23(18-20)33-24-11-7-9-21(19-24)25(29)15-13-22-14-16-26(30)28(22)17-5-3-2-4-12-27(31)32/h6-11,13,15,18-19,22,25,29H,2-5,12,14,16-17H2,1H3,(H,31,32)/b15-13+/t22-,25?/m0/s1. The summed E-state index contributed by atoms with van der Waals surface area (Å²) in [6.45, 7) is 2.67. The minimum Gasteiger partial charge on any atom is -0.481 e. The Morgan fingerprint density at radius 2 is 1.85 bits per heavy atom. The number of carboxylic acids is 1. The van der Waals surface area contributed by atoms with Crippen molar-refractivity contribution >= 4 is 11.9 Å². The molecular formula is C27H33NO5. The summed E-state index contributed by atoms with van der Waals surface area (Å²) >= 11 is 0. The molecule has 1 aliphatic heterocycles. The molecule has 1 saturated heterocycles. The molecule has 0 radical (unpaired) electrons. The lowest BCUT2D eigenvalue weighted by Gasteiger charge is -2.22. The highest BCUT2D eigenvalue weighted by Crippen LogP contribution is 2.27. The number of aliphatic hydroxyl groups is 1. The molecule has 1 fully saturated rings. The number of carbonyl (C=O) groups is 2. The Kier molecular flexibility index (Phi) is 9.07. The number of nitrogens with zero attached hydrogens (tertiary/aromatic N) is 1. The molecule has 1 heterocycles. The van der Waals surface area contributed by atoms with Crippen molar-refractivity contribution in [3.8, 4) is 11.5 Å². The molecule has 2 N–H and O–H groups in total. The van der Waals surface area contributed by atoms with Gasteiger partial charge in [-0.2, -0.15) is 0 Å². The second kappa shape index (κ2) is 12.2. The number of benzene rings is 2. The zero-order valence-electron chi connectivity index (χ0n) is 19.2. The maximum absolute atomic E-state index is 12.3. The van der Waals surface area contributed by atoms with Gasteiger partial charge in [0.15, 0.2) is 0 Å². The minimum atomic E-state index is -0.792. The van der Waals surface area contributed by atoms with Crippen LogP contribution < -0.4 is 4.74 Å². The van der Waals surface area contributed by atoms with Crippen LogP contribution in [0.15, 0.2) is 60.7 Å². The number of hydrogen-bond acceptors (Lipinski definition) is 4. The van der Waals surface area contributed by atoms with E-state index in [1.165, 1.54) is 0 Å². The second-order valence-corrected chi connectivity index (χ2v) is 8.57. The van der Waals surface area contributed by atoms with Gasteiger partial charge in [0.2, 0.25) is 5.91 Å².